The number of rotatable bonds is 10. The highest BCUT2D eigenvalue weighted by atomic mass is 31.2. The van der Waals surface area contributed by atoms with Gasteiger partial charge in [-0.05, 0) is 13.8 Å². The van der Waals surface area contributed by atoms with Crippen molar-refractivity contribution in [3.63, 3.8) is 0 Å². The molecule has 116 valence electrons. The summed E-state index contributed by atoms with van der Waals surface area (Å²) in [5.41, 5.74) is 0. The molecule has 0 saturated heterocycles. The average Bonchev–Trinajstić information content (AvgIpc) is 2.35. The van der Waals surface area contributed by atoms with Crippen LogP contribution in [0, 0.1) is 0 Å². The summed E-state index contributed by atoms with van der Waals surface area (Å²) in [7, 11) is -3.58. The maximum Gasteiger partial charge on any atom is 0.408 e. The molecule has 0 spiro atoms. The van der Waals surface area contributed by atoms with Crippen molar-refractivity contribution < 1.29 is 33.0 Å². The van der Waals surface area contributed by atoms with Crippen LogP contribution in [-0.4, -0.2) is 49.2 Å². The molecular formula is C11H20NO7P. The molecule has 0 rings (SSSR count). The minimum absolute atomic E-state index is 0.0627. The summed E-state index contributed by atoms with van der Waals surface area (Å²) in [6.07, 6.45) is -0.0924. The molecule has 1 amide bonds. The summed E-state index contributed by atoms with van der Waals surface area (Å²) in [4.78, 5) is 22.4. The third kappa shape index (κ3) is 7.28. The summed E-state index contributed by atoms with van der Waals surface area (Å²) in [6, 6.07) is -1.43. The fraction of sp³-hybridized carbons (Fsp3) is 0.636. The van der Waals surface area contributed by atoms with Gasteiger partial charge >= 0.3 is 19.7 Å². The molecule has 2 N–H and O–H groups in total. The quantitative estimate of drug-likeness (QED) is 0.466. The van der Waals surface area contributed by atoms with E-state index in [2.05, 4.69) is 16.6 Å². The molecular weight excluding hydrogens is 289 g/mol. The highest BCUT2D eigenvalue weighted by Gasteiger charge is 2.33. The molecule has 0 fully saturated rings. The largest absolute Gasteiger partial charge is 0.480 e. The van der Waals surface area contributed by atoms with Gasteiger partial charge in [0.2, 0.25) is 0 Å². The predicted octanol–water partition coefficient (Wildman–Crippen LogP) is 1.62. The Balaban J connectivity index is 4.74. The van der Waals surface area contributed by atoms with Gasteiger partial charge in [0.1, 0.15) is 12.6 Å². The maximum absolute atomic E-state index is 12.2. The van der Waals surface area contributed by atoms with Gasteiger partial charge in [0, 0.05) is 0 Å². The number of nitrogens with one attached hydrogen (secondary N) is 1. The number of hydrogen-bond donors (Lipinski definition) is 2. The van der Waals surface area contributed by atoms with Crippen molar-refractivity contribution in [3.8, 4) is 0 Å². The van der Waals surface area contributed by atoms with Crippen LogP contribution in [0.2, 0.25) is 0 Å². The zero-order valence-electron chi connectivity index (χ0n) is 11.5. The second-order valence-electron chi connectivity index (χ2n) is 3.55. The highest BCUT2D eigenvalue weighted by molar-refractivity contribution is 7.54. The molecule has 8 nitrogen and oxygen atoms in total. The molecule has 20 heavy (non-hydrogen) atoms. The predicted molar refractivity (Wildman–Crippen MR) is 71.8 cm³/mol. The zero-order valence-corrected chi connectivity index (χ0v) is 12.4. The average molecular weight is 309 g/mol. The fourth-order valence-electron chi connectivity index (χ4n) is 1.26. The lowest BCUT2D eigenvalue weighted by Crippen LogP contribution is -2.43. The Morgan fingerprint density at radius 1 is 1.35 bits per heavy atom. The van der Waals surface area contributed by atoms with E-state index >= 15 is 0 Å². The maximum atomic E-state index is 12.2. The van der Waals surface area contributed by atoms with Crippen LogP contribution < -0.4 is 5.32 Å². The van der Waals surface area contributed by atoms with Crippen molar-refractivity contribution in [2.75, 3.05) is 26.0 Å². The van der Waals surface area contributed by atoms with Gasteiger partial charge in [-0.15, -0.1) is 0 Å². The summed E-state index contributed by atoms with van der Waals surface area (Å²) >= 11 is 0. The van der Waals surface area contributed by atoms with Gasteiger partial charge in [-0.2, -0.15) is 0 Å². The number of hydrogen-bond acceptors (Lipinski definition) is 6. The van der Waals surface area contributed by atoms with Crippen LogP contribution in [0.25, 0.3) is 0 Å². The van der Waals surface area contributed by atoms with E-state index in [9.17, 15) is 14.2 Å². The minimum atomic E-state index is -3.58. The highest BCUT2D eigenvalue weighted by Crippen LogP contribution is 2.48. The van der Waals surface area contributed by atoms with E-state index in [1.807, 2.05) is 0 Å². The van der Waals surface area contributed by atoms with Gasteiger partial charge in [-0.1, -0.05) is 12.7 Å². The van der Waals surface area contributed by atoms with Crippen LogP contribution in [0.4, 0.5) is 4.79 Å². The molecule has 0 bridgehead atoms. The van der Waals surface area contributed by atoms with Gasteiger partial charge in [-0.3, -0.25) is 4.57 Å². The molecule has 1 atom stereocenters. The van der Waals surface area contributed by atoms with Crippen LogP contribution in [-0.2, 0) is 23.1 Å². The van der Waals surface area contributed by atoms with Crippen molar-refractivity contribution in [1.82, 2.24) is 5.32 Å². The Bertz CT molecular complexity index is 375. The second kappa shape index (κ2) is 9.52. The third-order valence-electron chi connectivity index (χ3n) is 1.98. The van der Waals surface area contributed by atoms with Crippen molar-refractivity contribution in [2.45, 2.75) is 19.9 Å². The van der Waals surface area contributed by atoms with Crippen molar-refractivity contribution >= 4 is 19.7 Å². The van der Waals surface area contributed by atoms with Crippen LogP contribution in [0.3, 0.4) is 0 Å². The van der Waals surface area contributed by atoms with Crippen LogP contribution in [0.15, 0.2) is 12.7 Å². The Morgan fingerprint density at radius 3 is 2.30 bits per heavy atom. The molecule has 0 saturated carbocycles. The number of carbonyl (C=O) groups excluding carboxylic acids is 1. The number of amides is 1. The van der Waals surface area contributed by atoms with Gasteiger partial charge in [0.15, 0.2) is 0 Å². The molecule has 0 aliphatic carbocycles. The molecule has 0 aromatic heterocycles. The zero-order chi connectivity index (χ0) is 15.6. The van der Waals surface area contributed by atoms with Crippen LogP contribution in [0.1, 0.15) is 13.8 Å². The normalized spacial score (nSPS) is 12.5. The number of alkyl carbamates (subject to hydrolysis) is 1. The number of aliphatic carboxylic acids is 1. The number of ether oxygens (including phenoxy) is 1. The lowest BCUT2D eigenvalue weighted by molar-refractivity contribution is -0.138. The van der Waals surface area contributed by atoms with E-state index in [0.717, 1.165) is 0 Å². The number of carbonyl (C=O) groups is 2. The van der Waals surface area contributed by atoms with Gasteiger partial charge in [0.05, 0.1) is 19.4 Å². The first-order chi connectivity index (χ1) is 9.38. The van der Waals surface area contributed by atoms with E-state index in [4.69, 9.17) is 14.2 Å². The standard InChI is InChI=1S/C11H20NO7P/c1-4-7-17-11(15)12-9(10(13)14)8-20(16,18-5-2)19-6-3/h4,9H,1,5-8H2,2-3H3,(H,12,15)(H,13,14). The van der Waals surface area contributed by atoms with Crippen LogP contribution in [0.5, 0.6) is 0 Å². The smallest absolute Gasteiger partial charge is 0.408 e. The van der Waals surface area contributed by atoms with Crippen LogP contribution >= 0.6 is 7.60 Å². The van der Waals surface area contributed by atoms with Crippen molar-refractivity contribution in [2.24, 2.45) is 0 Å². The van der Waals surface area contributed by atoms with E-state index in [0.29, 0.717) is 0 Å². The Kier molecular flexibility index (Phi) is 8.87. The summed E-state index contributed by atoms with van der Waals surface area (Å²) in [5, 5.41) is 11.1. The van der Waals surface area contributed by atoms with E-state index in [1.165, 1.54) is 6.08 Å². The van der Waals surface area contributed by atoms with Gasteiger partial charge < -0.3 is 24.2 Å². The summed E-state index contributed by atoms with van der Waals surface area (Å²) in [6.45, 7) is 6.70. The monoisotopic (exact) mass is 309 g/mol. The summed E-state index contributed by atoms with van der Waals surface area (Å²) < 4.78 is 26.8. The first kappa shape index (κ1) is 18.6. The van der Waals surface area contributed by atoms with E-state index < -0.39 is 31.9 Å². The second-order valence-corrected chi connectivity index (χ2v) is 5.65. The number of carboxylic acids is 1. The molecule has 0 aliphatic heterocycles. The molecule has 0 heterocycles. The van der Waals surface area contributed by atoms with Gasteiger partial charge in [0.25, 0.3) is 0 Å². The van der Waals surface area contributed by atoms with Crippen molar-refractivity contribution in [3.05, 3.63) is 12.7 Å². The van der Waals surface area contributed by atoms with E-state index in [-0.39, 0.29) is 19.8 Å². The topological polar surface area (TPSA) is 111 Å². The first-order valence-corrected chi connectivity index (χ1v) is 7.76. The lowest BCUT2D eigenvalue weighted by Gasteiger charge is -2.21. The molecule has 0 aliphatic rings. The molecule has 0 aromatic rings. The Hall–Kier alpha value is -1.37. The lowest BCUT2D eigenvalue weighted by atomic mass is 10.3. The first-order valence-electron chi connectivity index (χ1n) is 6.03. The van der Waals surface area contributed by atoms with Gasteiger partial charge in [-0.25, -0.2) is 9.59 Å². The minimum Gasteiger partial charge on any atom is -0.480 e. The van der Waals surface area contributed by atoms with Crippen molar-refractivity contribution in [1.29, 1.82) is 0 Å². The fourth-order valence-corrected chi connectivity index (χ4v) is 3.03. The molecule has 0 aromatic carbocycles. The molecule has 0 radical (unpaired) electrons. The van der Waals surface area contributed by atoms with E-state index in [1.54, 1.807) is 13.8 Å². The third-order valence-corrected chi connectivity index (χ3v) is 4.10. The SMILES string of the molecule is C=CCOC(=O)NC(CP(=O)(OCC)OCC)C(=O)O. The Morgan fingerprint density at radius 2 is 1.90 bits per heavy atom. The molecule has 1 unspecified atom stereocenters. The number of carboxylic acid groups (broad SMARTS) is 1. The molecule has 9 heteroatoms. The Labute approximate surface area is 117 Å². The summed E-state index contributed by atoms with van der Waals surface area (Å²) in [5.74, 6) is -1.36.